The van der Waals surface area contributed by atoms with Crippen LogP contribution in [0.4, 0.5) is 5.69 Å². The van der Waals surface area contributed by atoms with Crippen LogP contribution in [-0.2, 0) is 13.1 Å². The molecule has 0 saturated carbocycles. The van der Waals surface area contributed by atoms with Crippen LogP contribution in [0.5, 0.6) is 5.75 Å². The van der Waals surface area contributed by atoms with Gasteiger partial charge in [0.1, 0.15) is 5.75 Å². The standard InChI is InChI=1S/C24H29N3OS/c1-5-27-16-20(18(3)25-27)15-26-13-12-23(29-24-9-7-6-8-21(24)26)19-10-11-22(28-4)17(2)14-19/h6-11,14,16,23H,5,12-13,15H2,1-4H3/t23-/m1/s1. The number of hydrogen-bond acceptors (Lipinski definition) is 4. The number of nitrogens with zero attached hydrogens (tertiary/aromatic N) is 3. The zero-order valence-corrected chi connectivity index (χ0v) is 18.5. The number of para-hydroxylation sites is 1. The van der Waals surface area contributed by atoms with Gasteiger partial charge in [-0.05, 0) is 56.5 Å². The predicted octanol–water partition coefficient (Wildman–Crippen LogP) is 5.77. The Morgan fingerprint density at radius 1 is 1.17 bits per heavy atom. The Bertz CT molecular complexity index is 998. The summed E-state index contributed by atoms with van der Waals surface area (Å²) in [7, 11) is 1.74. The van der Waals surface area contributed by atoms with Crippen LogP contribution < -0.4 is 9.64 Å². The monoisotopic (exact) mass is 407 g/mol. The van der Waals surface area contributed by atoms with E-state index >= 15 is 0 Å². The van der Waals surface area contributed by atoms with Crippen LogP contribution in [0.3, 0.4) is 0 Å². The summed E-state index contributed by atoms with van der Waals surface area (Å²) >= 11 is 1.98. The molecule has 0 saturated heterocycles. The number of hydrogen-bond donors (Lipinski definition) is 0. The molecule has 0 bridgehead atoms. The molecule has 1 aliphatic heterocycles. The van der Waals surface area contributed by atoms with Crippen LogP contribution in [0.2, 0.25) is 0 Å². The van der Waals surface area contributed by atoms with E-state index in [1.165, 1.54) is 27.3 Å². The molecule has 0 fully saturated rings. The first-order valence-corrected chi connectivity index (χ1v) is 11.1. The first kappa shape index (κ1) is 19.9. The molecule has 1 atom stereocenters. The van der Waals surface area contributed by atoms with Gasteiger partial charge in [-0.3, -0.25) is 4.68 Å². The summed E-state index contributed by atoms with van der Waals surface area (Å²) in [6, 6.07) is 15.4. The summed E-state index contributed by atoms with van der Waals surface area (Å²) in [6.45, 7) is 9.21. The molecular weight excluding hydrogens is 378 g/mol. The van der Waals surface area contributed by atoms with Crippen molar-refractivity contribution in [3.63, 3.8) is 0 Å². The predicted molar refractivity (Wildman–Crippen MR) is 121 cm³/mol. The van der Waals surface area contributed by atoms with Gasteiger partial charge in [-0.15, -0.1) is 11.8 Å². The Morgan fingerprint density at radius 2 is 2.00 bits per heavy atom. The van der Waals surface area contributed by atoms with Gasteiger partial charge in [0.15, 0.2) is 0 Å². The molecule has 0 N–H and O–H groups in total. The number of ether oxygens (including phenoxy) is 1. The number of thioether (sulfide) groups is 1. The van der Waals surface area contributed by atoms with Crippen LogP contribution in [0.15, 0.2) is 53.6 Å². The third-order valence-electron chi connectivity index (χ3n) is 5.66. The van der Waals surface area contributed by atoms with Gasteiger partial charge < -0.3 is 9.64 Å². The summed E-state index contributed by atoms with van der Waals surface area (Å²) in [4.78, 5) is 3.87. The van der Waals surface area contributed by atoms with Crippen molar-refractivity contribution in [2.45, 2.75) is 50.4 Å². The van der Waals surface area contributed by atoms with Gasteiger partial charge in [0.2, 0.25) is 0 Å². The highest BCUT2D eigenvalue weighted by Crippen LogP contribution is 2.46. The lowest BCUT2D eigenvalue weighted by atomic mass is 10.1. The van der Waals surface area contributed by atoms with Crippen molar-refractivity contribution in [3.05, 3.63) is 71.0 Å². The maximum Gasteiger partial charge on any atom is 0.121 e. The maximum atomic E-state index is 5.45. The summed E-state index contributed by atoms with van der Waals surface area (Å²) in [6.07, 6.45) is 3.30. The van der Waals surface area contributed by atoms with Gasteiger partial charge >= 0.3 is 0 Å². The summed E-state index contributed by atoms with van der Waals surface area (Å²) in [5.41, 5.74) is 6.34. The van der Waals surface area contributed by atoms with Crippen LogP contribution >= 0.6 is 11.8 Å². The minimum absolute atomic E-state index is 0.435. The van der Waals surface area contributed by atoms with E-state index in [-0.39, 0.29) is 0 Å². The first-order valence-electron chi connectivity index (χ1n) is 10.3. The molecule has 0 spiro atoms. The normalized spacial score (nSPS) is 16.4. The fourth-order valence-corrected chi connectivity index (χ4v) is 5.29. The Hall–Kier alpha value is -2.40. The summed E-state index contributed by atoms with van der Waals surface area (Å²) in [5.74, 6) is 0.956. The third kappa shape index (κ3) is 4.15. The lowest BCUT2D eigenvalue weighted by Crippen LogP contribution is -2.24. The van der Waals surface area contributed by atoms with E-state index in [0.29, 0.717) is 5.25 Å². The Balaban J connectivity index is 1.62. The molecule has 29 heavy (non-hydrogen) atoms. The van der Waals surface area contributed by atoms with Crippen molar-refractivity contribution >= 4 is 17.4 Å². The molecule has 0 radical (unpaired) electrons. The Labute approximate surface area is 177 Å². The molecule has 3 aromatic rings. The van der Waals surface area contributed by atoms with Gasteiger partial charge in [-0.2, -0.15) is 5.10 Å². The largest absolute Gasteiger partial charge is 0.496 e. The summed E-state index contributed by atoms with van der Waals surface area (Å²) in [5, 5.41) is 5.07. The highest BCUT2D eigenvalue weighted by molar-refractivity contribution is 7.99. The quantitative estimate of drug-likeness (QED) is 0.537. The van der Waals surface area contributed by atoms with Crippen LogP contribution in [0.1, 0.15) is 41.0 Å². The minimum atomic E-state index is 0.435. The minimum Gasteiger partial charge on any atom is -0.496 e. The van der Waals surface area contributed by atoms with E-state index in [1.807, 2.05) is 16.4 Å². The van der Waals surface area contributed by atoms with Crippen molar-refractivity contribution in [1.29, 1.82) is 0 Å². The molecule has 2 aromatic carbocycles. The molecule has 1 aliphatic rings. The number of aryl methyl sites for hydroxylation is 3. The average Bonchev–Trinajstić information content (AvgIpc) is 2.98. The maximum absolute atomic E-state index is 5.45. The second-order valence-electron chi connectivity index (χ2n) is 7.61. The molecule has 0 aliphatic carbocycles. The molecule has 0 unspecified atom stereocenters. The van der Waals surface area contributed by atoms with Gasteiger partial charge in [0.25, 0.3) is 0 Å². The second-order valence-corrected chi connectivity index (χ2v) is 8.85. The second kappa shape index (κ2) is 8.54. The number of rotatable bonds is 5. The van der Waals surface area contributed by atoms with E-state index in [4.69, 9.17) is 4.74 Å². The lowest BCUT2D eigenvalue weighted by molar-refractivity contribution is 0.411. The van der Waals surface area contributed by atoms with Crippen molar-refractivity contribution in [2.24, 2.45) is 0 Å². The first-order chi connectivity index (χ1) is 14.1. The highest BCUT2D eigenvalue weighted by atomic mass is 32.2. The zero-order chi connectivity index (χ0) is 20.4. The fraction of sp³-hybridized carbons (Fsp3) is 0.375. The number of aromatic nitrogens is 2. The number of fused-ring (bicyclic) bond motifs is 1. The number of methoxy groups -OCH3 is 1. The lowest BCUT2D eigenvalue weighted by Gasteiger charge is -2.24. The fourth-order valence-electron chi connectivity index (χ4n) is 4.01. The van der Waals surface area contributed by atoms with E-state index < -0.39 is 0 Å². The van der Waals surface area contributed by atoms with E-state index in [2.05, 4.69) is 79.4 Å². The van der Waals surface area contributed by atoms with Crippen molar-refractivity contribution in [3.8, 4) is 5.75 Å². The topological polar surface area (TPSA) is 30.3 Å². The third-order valence-corrected chi connectivity index (χ3v) is 7.05. The molecule has 1 aromatic heterocycles. The van der Waals surface area contributed by atoms with E-state index in [9.17, 15) is 0 Å². The molecule has 4 rings (SSSR count). The molecule has 152 valence electrons. The molecule has 4 nitrogen and oxygen atoms in total. The zero-order valence-electron chi connectivity index (χ0n) is 17.7. The van der Waals surface area contributed by atoms with Gasteiger partial charge in [-0.1, -0.05) is 24.3 Å². The van der Waals surface area contributed by atoms with Crippen molar-refractivity contribution in [2.75, 3.05) is 18.6 Å². The van der Waals surface area contributed by atoms with Gasteiger partial charge in [0, 0.05) is 41.5 Å². The molecule has 2 heterocycles. The number of benzene rings is 2. The van der Waals surface area contributed by atoms with Crippen molar-refractivity contribution in [1.82, 2.24) is 9.78 Å². The van der Waals surface area contributed by atoms with Crippen molar-refractivity contribution < 1.29 is 4.74 Å². The van der Waals surface area contributed by atoms with Crippen LogP contribution in [-0.4, -0.2) is 23.4 Å². The average molecular weight is 408 g/mol. The van der Waals surface area contributed by atoms with E-state index in [0.717, 1.165) is 37.5 Å². The highest BCUT2D eigenvalue weighted by Gasteiger charge is 2.24. The number of anilines is 1. The van der Waals surface area contributed by atoms with E-state index in [1.54, 1.807) is 7.11 Å². The SMILES string of the molecule is CCn1cc(CN2CC[C@H](c3ccc(OC)c(C)c3)Sc3ccccc32)c(C)n1. The Morgan fingerprint density at radius 3 is 2.72 bits per heavy atom. The smallest absolute Gasteiger partial charge is 0.121 e. The molecule has 0 amide bonds. The summed E-state index contributed by atoms with van der Waals surface area (Å²) < 4.78 is 7.48. The molecule has 5 heteroatoms. The van der Waals surface area contributed by atoms with Crippen LogP contribution in [0, 0.1) is 13.8 Å². The van der Waals surface area contributed by atoms with Gasteiger partial charge in [-0.25, -0.2) is 0 Å². The Kier molecular flexibility index (Phi) is 5.86. The molecular formula is C24H29N3OS. The van der Waals surface area contributed by atoms with Gasteiger partial charge in [0.05, 0.1) is 18.5 Å². The van der Waals surface area contributed by atoms with Crippen LogP contribution in [0.25, 0.3) is 0 Å².